The molecule has 0 saturated carbocycles. The summed E-state index contributed by atoms with van der Waals surface area (Å²) in [5.74, 6) is -0.364. The molecule has 0 aliphatic heterocycles. The lowest BCUT2D eigenvalue weighted by Gasteiger charge is -2.13. The number of rotatable bonds is 7. The van der Waals surface area contributed by atoms with Gasteiger partial charge in [0.15, 0.2) is 5.78 Å². The Morgan fingerprint density at radius 2 is 1.91 bits per heavy atom. The number of hydrogen-bond acceptors (Lipinski definition) is 4. The summed E-state index contributed by atoms with van der Waals surface area (Å²) in [4.78, 5) is 12.2. The third-order valence-corrected chi connectivity index (χ3v) is 3.57. The van der Waals surface area contributed by atoms with Crippen LogP contribution in [0, 0.1) is 5.92 Å². The predicted octanol–water partition coefficient (Wildman–Crippen LogP) is 3.17. The first kappa shape index (κ1) is 16.0. The lowest BCUT2D eigenvalue weighted by Crippen LogP contribution is -2.17. The third-order valence-electron chi connectivity index (χ3n) is 3.57. The monoisotopic (exact) mass is 300 g/mol. The van der Waals surface area contributed by atoms with Crippen molar-refractivity contribution >= 4 is 5.78 Å². The molecule has 1 atom stereocenters. The summed E-state index contributed by atoms with van der Waals surface area (Å²) in [6, 6.07) is 14.3. The van der Waals surface area contributed by atoms with Crippen LogP contribution in [0.15, 0.2) is 48.5 Å². The van der Waals surface area contributed by atoms with Gasteiger partial charge < -0.3 is 14.9 Å². The molecule has 0 heterocycles. The number of hydrogen-bond donors (Lipinski definition) is 2. The average Bonchev–Trinajstić information content (AvgIpc) is 2.55. The quantitative estimate of drug-likeness (QED) is 0.771. The van der Waals surface area contributed by atoms with Gasteiger partial charge in [-0.3, -0.25) is 4.79 Å². The van der Waals surface area contributed by atoms with Crippen LogP contribution in [0.1, 0.15) is 29.3 Å². The molecule has 4 heteroatoms. The minimum Gasteiger partial charge on any atom is -0.507 e. The fourth-order valence-corrected chi connectivity index (χ4v) is 2.17. The first-order chi connectivity index (χ1) is 10.7. The van der Waals surface area contributed by atoms with Crippen LogP contribution in [0.4, 0.5) is 0 Å². The van der Waals surface area contributed by atoms with E-state index in [-0.39, 0.29) is 23.7 Å². The van der Waals surface area contributed by atoms with Crippen LogP contribution in [0.5, 0.6) is 11.5 Å². The van der Waals surface area contributed by atoms with Crippen molar-refractivity contribution < 1.29 is 19.7 Å². The molecular weight excluding hydrogens is 280 g/mol. The number of aromatic hydroxyl groups is 1. The molecule has 0 aromatic heterocycles. The van der Waals surface area contributed by atoms with Crippen molar-refractivity contribution in [2.24, 2.45) is 5.92 Å². The molecule has 2 rings (SSSR count). The number of carbonyl (C=O) groups is 1. The highest BCUT2D eigenvalue weighted by Crippen LogP contribution is 2.27. The Bertz CT molecular complexity index is 618. The molecule has 2 N–H and O–H groups in total. The van der Waals surface area contributed by atoms with Gasteiger partial charge in [-0.05, 0) is 24.1 Å². The van der Waals surface area contributed by atoms with Crippen molar-refractivity contribution in [3.05, 3.63) is 59.7 Å². The largest absolute Gasteiger partial charge is 0.507 e. The molecule has 0 aliphatic rings. The fourth-order valence-electron chi connectivity index (χ4n) is 2.17. The molecule has 1 unspecified atom stereocenters. The molecule has 4 nitrogen and oxygen atoms in total. The SMILES string of the molecule is CCC(CO)C(=O)c1ccc(OCc2ccccc2)cc1O. The molecule has 2 aromatic carbocycles. The van der Waals surface area contributed by atoms with Crippen molar-refractivity contribution in [1.82, 2.24) is 0 Å². The number of benzene rings is 2. The van der Waals surface area contributed by atoms with Crippen molar-refractivity contribution in [1.29, 1.82) is 0 Å². The van der Waals surface area contributed by atoms with Crippen molar-refractivity contribution in [3.63, 3.8) is 0 Å². The number of aliphatic hydroxyl groups excluding tert-OH is 1. The Morgan fingerprint density at radius 1 is 1.18 bits per heavy atom. The molecule has 0 saturated heterocycles. The smallest absolute Gasteiger partial charge is 0.171 e. The normalized spacial score (nSPS) is 11.9. The summed E-state index contributed by atoms with van der Waals surface area (Å²) in [7, 11) is 0. The van der Waals surface area contributed by atoms with Crippen LogP contribution in [0.25, 0.3) is 0 Å². The number of Topliss-reactive ketones (excluding diaryl/α,β-unsaturated/α-hetero) is 1. The highest BCUT2D eigenvalue weighted by Gasteiger charge is 2.20. The minimum absolute atomic E-state index is 0.123. The molecule has 0 spiro atoms. The third kappa shape index (κ3) is 3.86. The van der Waals surface area contributed by atoms with E-state index in [4.69, 9.17) is 4.74 Å². The molecule has 0 bridgehead atoms. The van der Waals surface area contributed by atoms with Crippen LogP contribution in [0.3, 0.4) is 0 Å². The van der Waals surface area contributed by atoms with E-state index >= 15 is 0 Å². The van der Waals surface area contributed by atoms with Gasteiger partial charge in [-0.25, -0.2) is 0 Å². The Labute approximate surface area is 130 Å². The Balaban J connectivity index is 2.08. The van der Waals surface area contributed by atoms with Crippen molar-refractivity contribution in [3.8, 4) is 11.5 Å². The summed E-state index contributed by atoms with van der Waals surface area (Å²) in [6.07, 6.45) is 0.529. The molecule has 0 aliphatic carbocycles. The first-order valence-electron chi connectivity index (χ1n) is 7.30. The zero-order chi connectivity index (χ0) is 15.9. The van der Waals surface area contributed by atoms with E-state index in [0.717, 1.165) is 5.56 Å². The van der Waals surface area contributed by atoms with Gasteiger partial charge in [0.1, 0.15) is 18.1 Å². The van der Waals surface area contributed by atoms with Gasteiger partial charge in [0, 0.05) is 12.0 Å². The van der Waals surface area contributed by atoms with E-state index in [1.165, 1.54) is 12.1 Å². The highest BCUT2D eigenvalue weighted by atomic mass is 16.5. The topological polar surface area (TPSA) is 66.8 Å². The molecule has 0 fully saturated rings. The molecular formula is C18H20O4. The molecule has 0 amide bonds. The number of aliphatic hydroxyl groups is 1. The first-order valence-corrected chi connectivity index (χ1v) is 7.30. The van der Waals surface area contributed by atoms with Gasteiger partial charge in [0.2, 0.25) is 0 Å². The average molecular weight is 300 g/mol. The van der Waals surface area contributed by atoms with Gasteiger partial charge in [0.25, 0.3) is 0 Å². The number of carbonyl (C=O) groups excluding carboxylic acids is 1. The van der Waals surface area contributed by atoms with Crippen LogP contribution in [0.2, 0.25) is 0 Å². The standard InChI is InChI=1S/C18H20O4/c1-2-14(11-19)18(21)16-9-8-15(10-17(16)20)22-12-13-6-4-3-5-7-13/h3-10,14,19-20H,2,11-12H2,1H3. The summed E-state index contributed by atoms with van der Waals surface area (Å²) in [5, 5.41) is 19.2. The van der Waals surface area contributed by atoms with Gasteiger partial charge in [-0.2, -0.15) is 0 Å². The summed E-state index contributed by atoms with van der Waals surface area (Å²) >= 11 is 0. The lowest BCUT2D eigenvalue weighted by molar-refractivity contribution is 0.0853. The number of phenols is 1. The van der Waals surface area contributed by atoms with Gasteiger partial charge in [-0.15, -0.1) is 0 Å². The summed E-state index contributed by atoms with van der Waals surface area (Å²) in [5.41, 5.74) is 1.24. The second kappa shape index (κ2) is 7.61. The van der Waals surface area contributed by atoms with Crippen LogP contribution in [-0.4, -0.2) is 22.6 Å². The van der Waals surface area contributed by atoms with Crippen LogP contribution < -0.4 is 4.74 Å². The van der Waals surface area contributed by atoms with Gasteiger partial charge in [-0.1, -0.05) is 37.3 Å². The molecule has 116 valence electrons. The molecule has 0 radical (unpaired) electrons. The number of ether oxygens (including phenoxy) is 1. The van der Waals surface area contributed by atoms with Crippen LogP contribution in [-0.2, 0) is 6.61 Å². The van der Waals surface area contributed by atoms with E-state index in [2.05, 4.69) is 0 Å². The Morgan fingerprint density at radius 3 is 2.50 bits per heavy atom. The molecule has 2 aromatic rings. The Hall–Kier alpha value is -2.33. The van der Waals surface area contributed by atoms with E-state index in [9.17, 15) is 15.0 Å². The second-order valence-corrected chi connectivity index (χ2v) is 5.11. The summed E-state index contributed by atoms with van der Waals surface area (Å²) < 4.78 is 5.60. The zero-order valence-corrected chi connectivity index (χ0v) is 12.5. The van der Waals surface area contributed by atoms with E-state index in [1.807, 2.05) is 37.3 Å². The Kier molecular flexibility index (Phi) is 5.55. The zero-order valence-electron chi connectivity index (χ0n) is 12.5. The van der Waals surface area contributed by atoms with Gasteiger partial charge in [0.05, 0.1) is 12.2 Å². The number of ketones is 1. The van der Waals surface area contributed by atoms with Crippen LogP contribution >= 0.6 is 0 Å². The minimum atomic E-state index is -0.484. The summed E-state index contributed by atoms with van der Waals surface area (Å²) in [6.45, 7) is 2.00. The van der Waals surface area contributed by atoms with Gasteiger partial charge >= 0.3 is 0 Å². The number of phenolic OH excluding ortho intramolecular Hbond substituents is 1. The van der Waals surface area contributed by atoms with E-state index in [0.29, 0.717) is 18.8 Å². The maximum Gasteiger partial charge on any atom is 0.171 e. The second-order valence-electron chi connectivity index (χ2n) is 5.11. The van der Waals surface area contributed by atoms with E-state index in [1.54, 1.807) is 6.07 Å². The molecule has 22 heavy (non-hydrogen) atoms. The maximum atomic E-state index is 12.2. The highest BCUT2D eigenvalue weighted by molar-refractivity contribution is 6.00. The maximum absolute atomic E-state index is 12.2. The van der Waals surface area contributed by atoms with Crippen molar-refractivity contribution in [2.45, 2.75) is 20.0 Å². The fraction of sp³-hybridized carbons (Fsp3) is 0.278. The van der Waals surface area contributed by atoms with E-state index < -0.39 is 5.92 Å². The van der Waals surface area contributed by atoms with Crippen molar-refractivity contribution in [2.75, 3.05) is 6.61 Å². The lowest BCUT2D eigenvalue weighted by atomic mass is 9.95. The predicted molar refractivity (Wildman–Crippen MR) is 84.1 cm³/mol.